The normalized spacial score (nSPS) is 9.65. The molecule has 1 heterocycles. The first kappa shape index (κ1) is 14.4. The molecule has 4 nitrogen and oxygen atoms in total. The standard InChI is InChI=1S/C15H15N3OS/c16-8-1-2-13-3-5-14(6-4-13)19-10-11-20-15-7-9-17-12-18-15/h3-7,9,12H,8,10-11,16H2. The Bertz CT molecular complexity index is 576. The maximum atomic E-state index is 5.65. The quantitative estimate of drug-likeness (QED) is 0.394. The fourth-order valence-corrected chi connectivity index (χ4v) is 2.11. The lowest BCUT2D eigenvalue weighted by molar-refractivity contribution is 0.344. The molecule has 0 aliphatic heterocycles. The third kappa shape index (κ3) is 4.92. The fraction of sp³-hybridized carbons (Fsp3) is 0.200. The highest BCUT2D eigenvalue weighted by Crippen LogP contribution is 2.15. The van der Waals surface area contributed by atoms with Crippen molar-refractivity contribution in [1.29, 1.82) is 0 Å². The summed E-state index contributed by atoms with van der Waals surface area (Å²) in [6, 6.07) is 9.56. The molecule has 0 bridgehead atoms. The van der Waals surface area contributed by atoms with Gasteiger partial charge in [0.15, 0.2) is 0 Å². The first-order valence-corrected chi connectivity index (χ1v) is 7.17. The van der Waals surface area contributed by atoms with Gasteiger partial charge in [-0.15, -0.1) is 11.8 Å². The molecule has 0 atom stereocenters. The van der Waals surface area contributed by atoms with Gasteiger partial charge in [-0.25, -0.2) is 9.97 Å². The second-order valence-electron chi connectivity index (χ2n) is 3.77. The predicted octanol–water partition coefficient (Wildman–Crippen LogP) is 1.96. The summed E-state index contributed by atoms with van der Waals surface area (Å²) in [5.41, 5.74) is 6.27. The highest BCUT2D eigenvalue weighted by molar-refractivity contribution is 7.99. The number of rotatable bonds is 5. The molecule has 0 amide bonds. The molecule has 0 aliphatic rings. The zero-order valence-electron chi connectivity index (χ0n) is 11.0. The Kier molecular flexibility index (Phi) is 5.90. The number of nitrogens with zero attached hydrogens (tertiary/aromatic N) is 2. The van der Waals surface area contributed by atoms with Gasteiger partial charge in [0, 0.05) is 17.5 Å². The van der Waals surface area contributed by atoms with E-state index < -0.39 is 0 Å². The number of hydrogen-bond acceptors (Lipinski definition) is 5. The minimum Gasteiger partial charge on any atom is -0.493 e. The monoisotopic (exact) mass is 285 g/mol. The first-order valence-electron chi connectivity index (χ1n) is 6.19. The Hall–Kier alpha value is -2.03. The molecule has 0 radical (unpaired) electrons. The van der Waals surface area contributed by atoms with Crippen LogP contribution in [0.3, 0.4) is 0 Å². The number of nitrogens with two attached hydrogens (primary N) is 1. The van der Waals surface area contributed by atoms with E-state index in [9.17, 15) is 0 Å². The molecule has 0 fully saturated rings. The summed E-state index contributed by atoms with van der Waals surface area (Å²) in [4.78, 5) is 8.01. The molecule has 1 aromatic carbocycles. The van der Waals surface area contributed by atoms with Gasteiger partial charge in [0.1, 0.15) is 12.1 Å². The fourth-order valence-electron chi connectivity index (χ4n) is 1.46. The summed E-state index contributed by atoms with van der Waals surface area (Å²) in [6.45, 7) is 1.00. The van der Waals surface area contributed by atoms with E-state index in [-0.39, 0.29) is 0 Å². The van der Waals surface area contributed by atoms with E-state index in [1.165, 1.54) is 0 Å². The highest BCUT2D eigenvalue weighted by atomic mass is 32.2. The van der Waals surface area contributed by atoms with Crippen LogP contribution < -0.4 is 10.5 Å². The minimum atomic E-state index is 0.374. The maximum absolute atomic E-state index is 5.65. The van der Waals surface area contributed by atoms with E-state index in [4.69, 9.17) is 10.5 Å². The first-order chi connectivity index (χ1) is 9.88. The average molecular weight is 285 g/mol. The van der Waals surface area contributed by atoms with Crippen LogP contribution in [-0.4, -0.2) is 28.9 Å². The van der Waals surface area contributed by atoms with Crippen LogP contribution in [0.5, 0.6) is 5.75 Å². The summed E-state index contributed by atoms with van der Waals surface area (Å²) in [7, 11) is 0. The molecule has 5 heteroatoms. The van der Waals surface area contributed by atoms with Crippen LogP contribution in [-0.2, 0) is 0 Å². The van der Waals surface area contributed by atoms with Crippen molar-refractivity contribution < 1.29 is 4.74 Å². The minimum absolute atomic E-state index is 0.374. The van der Waals surface area contributed by atoms with E-state index in [2.05, 4.69) is 21.8 Å². The zero-order valence-corrected chi connectivity index (χ0v) is 11.8. The SMILES string of the molecule is NCC#Cc1ccc(OCCSc2ccncn2)cc1. The molecule has 2 rings (SSSR count). The smallest absolute Gasteiger partial charge is 0.119 e. The van der Waals surface area contributed by atoms with Gasteiger partial charge in [-0.05, 0) is 30.3 Å². The van der Waals surface area contributed by atoms with Crippen molar-refractivity contribution in [1.82, 2.24) is 9.97 Å². The van der Waals surface area contributed by atoms with Crippen molar-refractivity contribution in [2.75, 3.05) is 18.9 Å². The van der Waals surface area contributed by atoms with Gasteiger partial charge in [-0.2, -0.15) is 0 Å². The molecular formula is C15H15N3OS. The van der Waals surface area contributed by atoms with E-state index in [0.29, 0.717) is 13.2 Å². The Labute approximate surface area is 122 Å². The number of hydrogen-bond donors (Lipinski definition) is 1. The number of ether oxygens (including phenoxy) is 1. The van der Waals surface area contributed by atoms with Crippen molar-refractivity contribution >= 4 is 11.8 Å². The van der Waals surface area contributed by atoms with Gasteiger partial charge in [0.05, 0.1) is 18.2 Å². The highest BCUT2D eigenvalue weighted by Gasteiger charge is 1.96. The Morgan fingerprint density at radius 3 is 2.75 bits per heavy atom. The van der Waals surface area contributed by atoms with E-state index in [0.717, 1.165) is 22.1 Å². The largest absolute Gasteiger partial charge is 0.493 e. The lowest BCUT2D eigenvalue weighted by atomic mass is 10.2. The number of benzene rings is 1. The van der Waals surface area contributed by atoms with Gasteiger partial charge in [-0.3, -0.25) is 0 Å². The second kappa shape index (κ2) is 8.20. The van der Waals surface area contributed by atoms with Crippen LogP contribution in [0.15, 0.2) is 47.9 Å². The van der Waals surface area contributed by atoms with Crippen LogP contribution in [0.4, 0.5) is 0 Å². The van der Waals surface area contributed by atoms with Crippen LogP contribution in [0.2, 0.25) is 0 Å². The van der Waals surface area contributed by atoms with Gasteiger partial charge >= 0.3 is 0 Å². The molecule has 0 aliphatic carbocycles. The topological polar surface area (TPSA) is 61.0 Å². The molecule has 2 N–H and O–H groups in total. The molecule has 0 spiro atoms. The summed E-state index contributed by atoms with van der Waals surface area (Å²) in [6.07, 6.45) is 3.28. The molecular weight excluding hydrogens is 270 g/mol. The Morgan fingerprint density at radius 1 is 1.20 bits per heavy atom. The van der Waals surface area contributed by atoms with Gasteiger partial charge in [0.25, 0.3) is 0 Å². The second-order valence-corrected chi connectivity index (χ2v) is 4.89. The summed E-state index contributed by atoms with van der Waals surface area (Å²) >= 11 is 1.64. The van der Waals surface area contributed by atoms with Crippen LogP contribution in [0.25, 0.3) is 0 Å². The molecule has 0 unspecified atom stereocenters. The molecule has 1 aromatic heterocycles. The van der Waals surface area contributed by atoms with Crippen LogP contribution in [0, 0.1) is 11.8 Å². The van der Waals surface area contributed by atoms with Crippen LogP contribution in [0.1, 0.15) is 5.56 Å². The number of thioether (sulfide) groups is 1. The summed E-state index contributed by atoms with van der Waals surface area (Å²) in [5.74, 6) is 7.47. The molecule has 20 heavy (non-hydrogen) atoms. The van der Waals surface area contributed by atoms with Crippen molar-refractivity contribution in [2.24, 2.45) is 5.73 Å². The Morgan fingerprint density at radius 2 is 2.05 bits per heavy atom. The van der Waals surface area contributed by atoms with Crippen molar-refractivity contribution in [3.05, 3.63) is 48.4 Å². The number of aromatic nitrogens is 2. The third-order valence-electron chi connectivity index (χ3n) is 2.35. The van der Waals surface area contributed by atoms with Crippen molar-refractivity contribution in [3.8, 4) is 17.6 Å². The van der Waals surface area contributed by atoms with Gasteiger partial charge in [0.2, 0.25) is 0 Å². The van der Waals surface area contributed by atoms with E-state index in [1.807, 2.05) is 30.3 Å². The van der Waals surface area contributed by atoms with Gasteiger partial charge < -0.3 is 10.5 Å². The zero-order chi connectivity index (χ0) is 14.0. The lowest BCUT2D eigenvalue weighted by Crippen LogP contribution is -2.00. The Balaban J connectivity index is 1.74. The molecule has 2 aromatic rings. The van der Waals surface area contributed by atoms with Crippen molar-refractivity contribution in [3.63, 3.8) is 0 Å². The lowest BCUT2D eigenvalue weighted by Gasteiger charge is -2.05. The third-order valence-corrected chi connectivity index (χ3v) is 3.25. The average Bonchev–Trinajstić information content (AvgIpc) is 2.52. The van der Waals surface area contributed by atoms with E-state index >= 15 is 0 Å². The van der Waals surface area contributed by atoms with E-state index in [1.54, 1.807) is 24.3 Å². The van der Waals surface area contributed by atoms with Crippen molar-refractivity contribution in [2.45, 2.75) is 5.03 Å². The van der Waals surface area contributed by atoms with Gasteiger partial charge in [-0.1, -0.05) is 11.8 Å². The van der Waals surface area contributed by atoms with Crippen LogP contribution >= 0.6 is 11.8 Å². The predicted molar refractivity (Wildman–Crippen MR) is 80.6 cm³/mol. The molecule has 0 saturated heterocycles. The summed E-state index contributed by atoms with van der Waals surface area (Å²) in [5, 5.41) is 0.955. The molecule has 102 valence electrons. The summed E-state index contributed by atoms with van der Waals surface area (Å²) < 4.78 is 5.65. The molecule has 0 saturated carbocycles. The maximum Gasteiger partial charge on any atom is 0.119 e.